The van der Waals surface area contributed by atoms with E-state index in [1.54, 1.807) is 25.2 Å². The summed E-state index contributed by atoms with van der Waals surface area (Å²) in [5.41, 5.74) is -0.0490. The Balaban J connectivity index is 2.43. The molecule has 7 heteroatoms. The summed E-state index contributed by atoms with van der Waals surface area (Å²) < 4.78 is 5.21. The molecule has 1 aromatic rings. The summed E-state index contributed by atoms with van der Waals surface area (Å²) in [6, 6.07) is 4.51. The molecule has 0 aliphatic rings. The molecule has 1 aromatic carbocycles. The highest BCUT2D eigenvalue weighted by Gasteiger charge is 2.17. The van der Waals surface area contributed by atoms with E-state index in [1.165, 1.54) is 4.90 Å². The maximum atomic E-state index is 12.1. The number of urea groups is 1. The predicted octanol–water partition coefficient (Wildman–Crippen LogP) is 4.58. The van der Waals surface area contributed by atoms with Crippen molar-refractivity contribution in [2.75, 3.05) is 18.9 Å². The van der Waals surface area contributed by atoms with Gasteiger partial charge in [0, 0.05) is 25.0 Å². The zero-order chi connectivity index (χ0) is 17.6. The van der Waals surface area contributed by atoms with Crippen LogP contribution in [0.5, 0.6) is 0 Å². The molecule has 0 aliphatic heterocycles. The molecule has 5 nitrogen and oxygen atoms in total. The van der Waals surface area contributed by atoms with Crippen molar-refractivity contribution in [3.05, 3.63) is 28.2 Å². The Labute approximate surface area is 146 Å². The second kappa shape index (κ2) is 8.41. The second-order valence-electron chi connectivity index (χ2n) is 6.17. The molecule has 0 saturated carbocycles. The molecular weight excluding hydrogens is 339 g/mol. The summed E-state index contributed by atoms with van der Waals surface area (Å²) in [6.07, 6.45) is 0.773. The fourth-order valence-electron chi connectivity index (χ4n) is 1.76. The van der Waals surface area contributed by atoms with Gasteiger partial charge in [0.2, 0.25) is 0 Å². The van der Waals surface area contributed by atoms with Gasteiger partial charge in [-0.25, -0.2) is 4.79 Å². The quantitative estimate of drug-likeness (QED) is 0.781. The number of carbonyl (C=O) groups excluding carboxylic acids is 2. The lowest BCUT2D eigenvalue weighted by Gasteiger charge is -2.21. The molecule has 0 atom stereocenters. The summed E-state index contributed by atoms with van der Waals surface area (Å²) in [5, 5.41) is 3.57. The number of nitrogens with zero attached hydrogens (tertiary/aromatic N) is 1. The van der Waals surface area contributed by atoms with E-state index in [9.17, 15) is 9.59 Å². The van der Waals surface area contributed by atoms with Crippen molar-refractivity contribution in [2.45, 2.75) is 39.2 Å². The SMILES string of the molecule is CN(CCCC(=O)OC(C)(C)C)C(=O)Nc1cc(Cl)ccc1Cl. The maximum Gasteiger partial charge on any atom is 0.321 e. The highest BCUT2D eigenvalue weighted by molar-refractivity contribution is 6.35. The van der Waals surface area contributed by atoms with Crippen LogP contribution in [0.4, 0.5) is 10.5 Å². The van der Waals surface area contributed by atoms with Gasteiger partial charge >= 0.3 is 12.0 Å². The first kappa shape index (κ1) is 19.6. The number of ether oxygens (including phenoxy) is 1. The summed E-state index contributed by atoms with van der Waals surface area (Å²) >= 11 is 11.9. The Bertz CT molecular complexity index is 571. The number of esters is 1. The van der Waals surface area contributed by atoms with Crippen molar-refractivity contribution in [1.82, 2.24) is 4.90 Å². The molecule has 1 rings (SSSR count). The van der Waals surface area contributed by atoms with Crippen LogP contribution in [0.3, 0.4) is 0 Å². The lowest BCUT2D eigenvalue weighted by molar-refractivity contribution is -0.154. The molecule has 2 amide bonds. The van der Waals surface area contributed by atoms with Gasteiger partial charge in [0.1, 0.15) is 5.60 Å². The van der Waals surface area contributed by atoms with Crippen molar-refractivity contribution in [2.24, 2.45) is 0 Å². The molecule has 0 heterocycles. The summed E-state index contributed by atoms with van der Waals surface area (Å²) in [5.74, 6) is -0.274. The third kappa shape index (κ3) is 7.57. The average Bonchev–Trinajstić information content (AvgIpc) is 2.40. The predicted molar refractivity (Wildman–Crippen MR) is 93.2 cm³/mol. The highest BCUT2D eigenvalue weighted by Crippen LogP contribution is 2.25. The third-order valence-corrected chi connectivity index (χ3v) is 3.38. The Morgan fingerprint density at radius 3 is 2.52 bits per heavy atom. The van der Waals surface area contributed by atoms with Gasteiger partial charge in [-0.1, -0.05) is 23.2 Å². The third-order valence-electron chi connectivity index (χ3n) is 2.81. The van der Waals surface area contributed by atoms with Crippen molar-refractivity contribution < 1.29 is 14.3 Å². The number of rotatable bonds is 5. The van der Waals surface area contributed by atoms with Crippen molar-refractivity contribution in [1.29, 1.82) is 0 Å². The second-order valence-corrected chi connectivity index (χ2v) is 7.01. The van der Waals surface area contributed by atoms with Crippen molar-refractivity contribution >= 4 is 40.9 Å². The number of amides is 2. The Hall–Kier alpha value is -1.46. The zero-order valence-corrected chi connectivity index (χ0v) is 15.3. The number of nitrogens with one attached hydrogen (secondary N) is 1. The van der Waals surface area contributed by atoms with Gasteiger partial charge < -0.3 is 15.0 Å². The number of hydrogen-bond acceptors (Lipinski definition) is 3. The van der Waals surface area contributed by atoms with E-state index >= 15 is 0 Å². The molecule has 0 spiro atoms. The van der Waals surface area contributed by atoms with Gasteiger partial charge in [-0.15, -0.1) is 0 Å². The topological polar surface area (TPSA) is 58.6 Å². The minimum Gasteiger partial charge on any atom is -0.460 e. The van der Waals surface area contributed by atoms with Crippen LogP contribution in [-0.2, 0) is 9.53 Å². The van der Waals surface area contributed by atoms with Crippen LogP contribution < -0.4 is 5.32 Å². The van der Waals surface area contributed by atoms with Gasteiger partial charge in [-0.05, 0) is 45.4 Å². The number of benzene rings is 1. The van der Waals surface area contributed by atoms with Crippen LogP contribution in [-0.4, -0.2) is 36.1 Å². The molecule has 0 fully saturated rings. The van der Waals surface area contributed by atoms with E-state index in [0.717, 1.165) is 0 Å². The highest BCUT2D eigenvalue weighted by atomic mass is 35.5. The fourth-order valence-corrected chi connectivity index (χ4v) is 2.10. The lowest BCUT2D eigenvalue weighted by atomic mass is 10.2. The van der Waals surface area contributed by atoms with Crippen molar-refractivity contribution in [3.8, 4) is 0 Å². The summed E-state index contributed by atoms with van der Waals surface area (Å²) in [4.78, 5) is 25.2. The van der Waals surface area contributed by atoms with Gasteiger partial charge in [0.05, 0.1) is 10.7 Å². The van der Waals surface area contributed by atoms with Crippen LogP contribution >= 0.6 is 23.2 Å². The van der Waals surface area contributed by atoms with Crippen LogP contribution in [0.25, 0.3) is 0 Å². The largest absolute Gasteiger partial charge is 0.460 e. The number of carbonyl (C=O) groups is 2. The molecule has 0 bridgehead atoms. The first-order chi connectivity index (χ1) is 10.6. The molecule has 23 heavy (non-hydrogen) atoms. The number of halogens is 2. The number of anilines is 1. The smallest absolute Gasteiger partial charge is 0.321 e. The van der Waals surface area contributed by atoms with E-state index in [4.69, 9.17) is 27.9 Å². The van der Waals surface area contributed by atoms with E-state index in [1.807, 2.05) is 20.8 Å². The molecule has 128 valence electrons. The molecular formula is C16H22Cl2N2O3. The molecule has 0 aromatic heterocycles. The minimum atomic E-state index is -0.496. The van der Waals surface area contributed by atoms with Crippen LogP contribution in [0, 0.1) is 0 Å². The van der Waals surface area contributed by atoms with Crippen LogP contribution in [0.1, 0.15) is 33.6 Å². The minimum absolute atomic E-state index is 0.257. The van der Waals surface area contributed by atoms with Crippen LogP contribution in [0.15, 0.2) is 18.2 Å². The standard InChI is InChI=1S/C16H22Cl2N2O3/c1-16(2,3)23-14(21)6-5-9-20(4)15(22)19-13-10-11(17)7-8-12(13)18/h7-8,10H,5-6,9H2,1-4H3,(H,19,22). The van der Waals surface area contributed by atoms with Crippen molar-refractivity contribution in [3.63, 3.8) is 0 Å². The van der Waals surface area contributed by atoms with E-state index in [2.05, 4.69) is 5.32 Å². The fraction of sp³-hybridized carbons (Fsp3) is 0.500. The average molecular weight is 361 g/mol. The normalized spacial score (nSPS) is 11.0. The van der Waals surface area contributed by atoms with Gasteiger partial charge in [0.15, 0.2) is 0 Å². The Morgan fingerprint density at radius 1 is 1.26 bits per heavy atom. The van der Waals surface area contributed by atoms with E-state index in [0.29, 0.717) is 28.7 Å². The summed E-state index contributed by atoms with van der Waals surface area (Å²) in [6.45, 7) is 5.88. The molecule has 1 N–H and O–H groups in total. The zero-order valence-electron chi connectivity index (χ0n) is 13.8. The lowest BCUT2D eigenvalue weighted by Crippen LogP contribution is -2.32. The maximum absolute atomic E-state index is 12.1. The first-order valence-corrected chi connectivity index (χ1v) is 8.03. The van der Waals surface area contributed by atoms with Crippen LogP contribution in [0.2, 0.25) is 10.0 Å². The van der Waals surface area contributed by atoms with Gasteiger partial charge in [-0.3, -0.25) is 4.79 Å². The van der Waals surface area contributed by atoms with E-state index < -0.39 is 5.60 Å². The van der Waals surface area contributed by atoms with Gasteiger partial charge in [-0.2, -0.15) is 0 Å². The first-order valence-electron chi connectivity index (χ1n) is 7.27. The molecule has 0 saturated heterocycles. The monoisotopic (exact) mass is 360 g/mol. The Kier molecular flexibility index (Phi) is 7.16. The number of hydrogen-bond donors (Lipinski definition) is 1. The van der Waals surface area contributed by atoms with Gasteiger partial charge in [0.25, 0.3) is 0 Å². The summed E-state index contributed by atoms with van der Waals surface area (Å²) in [7, 11) is 1.64. The molecule has 0 aliphatic carbocycles. The molecule has 0 unspecified atom stereocenters. The Morgan fingerprint density at radius 2 is 1.91 bits per heavy atom. The molecule has 0 radical (unpaired) electrons. The van der Waals surface area contributed by atoms with E-state index in [-0.39, 0.29) is 18.4 Å².